The van der Waals surface area contributed by atoms with Crippen LogP contribution < -0.4 is 0 Å². The fourth-order valence-corrected chi connectivity index (χ4v) is 7.92. The van der Waals surface area contributed by atoms with E-state index in [0.29, 0.717) is 17.4 Å². The van der Waals surface area contributed by atoms with Gasteiger partial charge in [0.2, 0.25) is 0 Å². The van der Waals surface area contributed by atoms with Crippen LogP contribution in [0.25, 0.3) is 0 Å². The number of rotatable bonds is 52. The van der Waals surface area contributed by atoms with Crippen LogP contribution in [0.15, 0.2) is 60.8 Å². The summed E-state index contributed by atoms with van der Waals surface area (Å²) in [5, 5.41) is 9.69. The molecule has 0 amide bonds. The molecule has 0 saturated heterocycles. The average molecular weight is 972 g/mol. The molecule has 0 radical (unpaired) electrons. The third kappa shape index (κ3) is 52.6. The SMILES string of the molecule is CC/C=C\C/C=C\C/C=C\C/C=C\C/C=C\CCCCCCCCCCCCCC(=O)OC(COC(=O)CCCCCCCCCCCCCCCCCCC)COC(OCC[N+](C)(C)C)C(=O)O. The van der Waals surface area contributed by atoms with Gasteiger partial charge in [-0.3, -0.25) is 9.59 Å². The molecule has 0 aliphatic heterocycles. The number of likely N-dealkylation sites (N-methyl/N-ethyl adjacent to an activating group) is 1. The molecular weight excluding hydrogens is 863 g/mol. The Morgan fingerprint density at radius 2 is 0.826 bits per heavy atom. The molecule has 0 aromatic carbocycles. The quantitative estimate of drug-likeness (QED) is 0.0211. The first-order chi connectivity index (χ1) is 33.6. The molecular formula is C60H108NO8+. The first-order valence-electron chi connectivity index (χ1n) is 28.5. The maximum Gasteiger partial charge on any atom is 0.361 e. The second kappa shape index (κ2) is 51.3. The topological polar surface area (TPSA) is 108 Å². The van der Waals surface area contributed by atoms with Gasteiger partial charge in [0, 0.05) is 12.8 Å². The summed E-state index contributed by atoms with van der Waals surface area (Å²) in [6.07, 6.45) is 61.5. The van der Waals surface area contributed by atoms with Gasteiger partial charge in [0.15, 0.2) is 6.10 Å². The number of allylic oxidation sites excluding steroid dienone is 10. The second-order valence-electron chi connectivity index (χ2n) is 20.2. The van der Waals surface area contributed by atoms with E-state index in [-0.39, 0.29) is 32.2 Å². The van der Waals surface area contributed by atoms with Crippen LogP contribution in [-0.4, -0.2) is 87.4 Å². The predicted molar refractivity (Wildman–Crippen MR) is 290 cm³/mol. The van der Waals surface area contributed by atoms with E-state index in [1.165, 1.54) is 141 Å². The van der Waals surface area contributed by atoms with Crippen LogP contribution in [0, 0.1) is 0 Å². The van der Waals surface area contributed by atoms with E-state index in [0.717, 1.165) is 77.0 Å². The van der Waals surface area contributed by atoms with Crippen LogP contribution in [0.1, 0.15) is 245 Å². The van der Waals surface area contributed by atoms with E-state index in [1.54, 1.807) is 0 Å². The van der Waals surface area contributed by atoms with Crippen molar-refractivity contribution in [1.29, 1.82) is 0 Å². The molecule has 2 unspecified atom stereocenters. The molecule has 0 aromatic rings. The van der Waals surface area contributed by atoms with Gasteiger partial charge in [0.05, 0.1) is 34.4 Å². The first kappa shape index (κ1) is 66.0. The van der Waals surface area contributed by atoms with E-state index < -0.39 is 24.3 Å². The van der Waals surface area contributed by atoms with E-state index in [9.17, 15) is 19.5 Å². The van der Waals surface area contributed by atoms with Crippen molar-refractivity contribution in [3.8, 4) is 0 Å². The van der Waals surface area contributed by atoms with E-state index in [1.807, 2.05) is 21.1 Å². The number of aliphatic carboxylic acids is 1. The van der Waals surface area contributed by atoms with Crippen molar-refractivity contribution in [2.24, 2.45) is 0 Å². The lowest BCUT2D eigenvalue weighted by Gasteiger charge is -2.25. The fraction of sp³-hybridized carbons (Fsp3) is 0.783. The largest absolute Gasteiger partial charge is 0.477 e. The normalized spacial score (nSPS) is 13.2. The number of hydrogen-bond donors (Lipinski definition) is 1. The summed E-state index contributed by atoms with van der Waals surface area (Å²) in [5.74, 6) is -2.00. The lowest BCUT2D eigenvalue weighted by Crippen LogP contribution is -2.40. The minimum absolute atomic E-state index is 0.181. The van der Waals surface area contributed by atoms with Gasteiger partial charge in [0.25, 0.3) is 6.29 Å². The van der Waals surface area contributed by atoms with Crippen molar-refractivity contribution < 1.29 is 42.9 Å². The second-order valence-corrected chi connectivity index (χ2v) is 20.2. The molecule has 1 N–H and O–H groups in total. The highest BCUT2D eigenvalue weighted by Gasteiger charge is 2.25. The summed E-state index contributed by atoms with van der Waals surface area (Å²) >= 11 is 0. The Hall–Kier alpha value is -3.01. The van der Waals surface area contributed by atoms with Gasteiger partial charge >= 0.3 is 17.9 Å². The lowest BCUT2D eigenvalue weighted by molar-refractivity contribution is -0.870. The summed E-state index contributed by atoms with van der Waals surface area (Å²) in [6, 6.07) is 0. The number of quaternary nitrogens is 1. The molecule has 400 valence electrons. The Kier molecular flexibility index (Phi) is 49.1. The Morgan fingerprint density at radius 1 is 0.449 bits per heavy atom. The summed E-state index contributed by atoms with van der Waals surface area (Å²) in [6.45, 7) is 4.78. The molecule has 69 heavy (non-hydrogen) atoms. The molecule has 0 spiro atoms. The number of esters is 2. The maximum absolute atomic E-state index is 12.9. The van der Waals surface area contributed by atoms with Gasteiger partial charge in [-0.25, -0.2) is 4.79 Å². The standard InChI is InChI=1S/C60H107NO8/c1-6-8-10-12-14-16-18-20-22-24-25-26-27-28-29-30-31-32-33-35-37-39-41-43-45-47-49-51-58(63)69-56(55-68-60(59(64)65)66-53-52-61(3,4)5)54-67-57(62)50-48-46-44-42-40-38-36-34-23-21-19-17-15-13-11-9-7-2/h8,10,14,16,20,22,25-26,28-29,56,60H,6-7,9,11-13,15,17-19,21,23-24,27,30-55H2,1-5H3/p+1/b10-8-,16-14-,22-20-,26-25-,29-28-. The van der Waals surface area contributed by atoms with Crippen molar-refractivity contribution >= 4 is 17.9 Å². The Balaban J connectivity index is 4.24. The molecule has 0 fully saturated rings. The van der Waals surface area contributed by atoms with E-state index >= 15 is 0 Å². The number of carbonyl (C=O) groups excluding carboxylic acids is 2. The first-order valence-corrected chi connectivity index (χ1v) is 28.5. The molecule has 0 rings (SSSR count). The van der Waals surface area contributed by atoms with Gasteiger partial charge in [-0.2, -0.15) is 0 Å². The summed E-state index contributed by atoms with van der Waals surface area (Å²) in [7, 11) is 5.97. The molecule has 0 saturated carbocycles. The minimum atomic E-state index is -1.51. The Morgan fingerprint density at radius 3 is 1.23 bits per heavy atom. The molecule has 2 atom stereocenters. The van der Waals surface area contributed by atoms with Crippen LogP contribution >= 0.6 is 0 Å². The number of carbonyl (C=O) groups is 3. The third-order valence-electron chi connectivity index (χ3n) is 12.3. The van der Waals surface area contributed by atoms with Crippen molar-refractivity contribution in [2.45, 2.75) is 257 Å². The van der Waals surface area contributed by atoms with Crippen molar-refractivity contribution in [2.75, 3.05) is 47.5 Å². The van der Waals surface area contributed by atoms with Gasteiger partial charge in [0.1, 0.15) is 13.2 Å². The summed E-state index contributed by atoms with van der Waals surface area (Å²) < 4.78 is 22.9. The minimum Gasteiger partial charge on any atom is -0.477 e. The van der Waals surface area contributed by atoms with Gasteiger partial charge in [-0.1, -0.05) is 235 Å². The monoisotopic (exact) mass is 971 g/mol. The fourth-order valence-electron chi connectivity index (χ4n) is 7.92. The number of ether oxygens (including phenoxy) is 4. The van der Waals surface area contributed by atoms with Crippen LogP contribution in [0.2, 0.25) is 0 Å². The summed E-state index contributed by atoms with van der Waals surface area (Å²) in [4.78, 5) is 37.4. The number of hydrogen-bond acceptors (Lipinski definition) is 7. The zero-order chi connectivity index (χ0) is 50.6. The van der Waals surface area contributed by atoms with Gasteiger partial charge in [-0.05, 0) is 57.8 Å². The molecule has 9 heteroatoms. The Bertz CT molecular complexity index is 1310. The molecule has 0 aliphatic rings. The number of carboxylic acid groups (broad SMARTS) is 1. The average Bonchev–Trinajstić information content (AvgIpc) is 3.31. The zero-order valence-corrected chi connectivity index (χ0v) is 45.5. The molecule has 0 bridgehead atoms. The highest BCUT2D eigenvalue weighted by atomic mass is 16.7. The van der Waals surface area contributed by atoms with Crippen molar-refractivity contribution in [3.05, 3.63) is 60.8 Å². The van der Waals surface area contributed by atoms with Crippen LogP contribution in [-0.2, 0) is 33.3 Å². The maximum atomic E-state index is 12.9. The predicted octanol–water partition coefficient (Wildman–Crippen LogP) is 16.5. The number of unbranched alkanes of at least 4 members (excludes halogenated alkanes) is 27. The van der Waals surface area contributed by atoms with Crippen LogP contribution in [0.5, 0.6) is 0 Å². The smallest absolute Gasteiger partial charge is 0.361 e. The summed E-state index contributed by atoms with van der Waals surface area (Å²) in [5.41, 5.74) is 0. The zero-order valence-electron chi connectivity index (χ0n) is 45.5. The van der Waals surface area contributed by atoms with Crippen molar-refractivity contribution in [3.63, 3.8) is 0 Å². The third-order valence-corrected chi connectivity index (χ3v) is 12.3. The molecule has 9 nitrogen and oxygen atoms in total. The van der Waals surface area contributed by atoms with E-state index in [4.69, 9.17) is 18.9 Å². The highest BCUT2D eigenvalue weighted by molar-refractivity contribution is 5.71. The number of nitrogens with zero attached hydrogens (tertiary/aromatic N) is 1. The van der Waals surface area contributed by atoms with Crippen LogP contribution in [0.4, 0.5) is 0 Å². The Labute approximate surface area is 425 Å². The van der Waals surface area contributed by atoms with Gasteiger partial charge < -0.3 is 28.5 Å². The van der Waals surface area contributed by atoms with Crippen molar-refractivity contribution in [1.82, 2.24) is 0 Å². The highest BCUT2D eigenvalue weighted by Crippen LogP contribution is 2.16. The number of carboxylic acids is 1. The molecule has 0 aliphatic carbocycles. The van der Waals surface area contributed by atoms with Gasteiger partial charge in [-0.15, -0.1) is 0 Å². The molecule has 0 heterocycles. The molecule has 0 aromatic heterocycles. The van der Waals surface area contributed by atoms with E-state index in [2.05, 4.69) is 74.6 Å². The van der Waals surface area contributed by atoms with Crippen LogP contribution in [0.3, 0.4) is 0 Å². The lowest BCUT2D eigenvalue weighted by atomic mass is 10.0.